The summed E-state index contributed by atoms with van der Waals surface area (Å²) in [7, 11) is 0. The first-order valence-electron chi connectivity index (χ1n) is 10.4. The Kier molecular flexibility index (Phi) is 5.87. The molecule has 2 aliphatic rings. The molecule has 31 heavy (non-hydrogen) atoms. The molecule has 1 amide bonds. The van der Waals surface area contributed by atoms with E-state index in [2.05, 4.69) is 4.98 Å². The van der Waals surface area contributed by atoms with Crippen molar-refractivity contribution in [1.82, 2.24) is 14.3 Å². The average molecular weight is 458 g/mol. The van der Waals surface area contributed by atoms with Gasteiger partial charge in [-0.25, -0.2) is 4.98 Å². The molecule has 2 aliphatic heterocycles. The Morgan fingerprint density at radius 1 is 1.19 bits per heavy atom. The molecule has 3 aromatic rings. The van der Waals surface area contributed by atoms with Gasteiger partial charge in [0.25, 0.3) is 5.56 Å². The Morgan fingerprint density at radius 3 is 2.97 bits per heavy atom. The standard InChI is InChI=1S/C22H23N3O4S2/c26-20-12-16(23-22-25(20)7-10-31-22)13-30-14-21(27)24-6-1-3-17(24)15-4-5-18-19(11-15)29-9-2-8-28-18/h4-5,7,10-12,17H,1-3,6,8-9,13-14H2/t17-/m1/s1. The molecule has 1 atom stereocenters. The Balaban J connectivity index is 1.23. The third-order valence-electron chi connectivity index (χ3n) is 5.56. The minimum atomic E-state index is -0.0813. The second kappa shape index (κ2) is 8.92. The van der Waals surface area contributed by atoms with E-state index in [9.17, 15) is 9.59 Å². The van der Waals surface area contributed by atoms with Crippen molar-refractivity contribution in [2.75, 3.05) is 25.5 Å². The van der Waals surface area contributed by atoms with Crippen LogP contribution in [-0.4, -0.2) is 45.7 Å². The summed E-state index contributed by atoms with van der Waals surface area (Å²) in [5.74, 6) is 2.57. The molecule has 2 aromatic heterocycles. The number of thioether (sulfide) groups is 1. The average Bonchev–Trinajstić information content (AvgIpc) is 3.39. The number of hydrogen-bond donors (Lipinski definition) is 0. The number of ether oxygens (including phenoxy) is 2. The van der Waals surface area contributed by atoms with Gasteiger partial charge in [0, 0.05) is 36.4 Å². The lowest BCUT2D eigenvalue weighted by Crippen LogP contribution is -2.32. The van der Waals surface area contributed by atoms with Crippen molar-refractivity contribution in [2.24, 2.45) is 0 Å². The Bertz CT molecular complexity index is 1160. The van der Waals surface area contributed by atoms with Gasteiger partial charge in [0.1, 0.15) is 0 Å². The van der Waals surface area contributed by atoms with Crippen LogP contribution in [0.1, 0.15) is 36.6 Å². The van der Waals surface area contributed by atoms with Crippen molar-refractivity contribution in [3.8, 4) is 11.5 Å². The van der Waals surface area contributed by atoms with Gasteiger partial charge in [0.05, 0.1) is 30.7 Å². The van der Waals surface area contributed by atoms with Gasteiger partial charge in [-0.15, -0.1) is 23.1 Å². The van der Waals surface area contributed by atoms with E-state index in [-0.39, 0.29) is 17.5 Å². The van der Waals surface area contributed by atoms with E-state index in [1.807, 2.05) is 28.5 Å². The second-order valence-corrected chi connectivity index (χ2v) is 9.49. The normalized spacial score (nSPS) is 18.3. The maximum Gasteiger partial charge on any atom is 0.258 e. The van der Waals surface area contributed by atoms with Crippen LogP contribution in [0.5, 0.6) is 11.5 Å². The zero-order chi connectivity index (χ0) is 21.2. The Hall–Kier alpha value is -2.52. The number of amides is 1. The molecule has 5 rings (SSSR count). The van der Waals surface area contributed by atoms with E-state index in [1.165, 1.54) is 27.5 Å². The fraction of sp³-hybridized carbons (Fsp3) is 0.409. The van der Waals surface area contributed by atoms with E-state index >= 15 is 0 Å². The second-order valence-electron chi connectivity index (χ2n) is 7.64. The molecule has 0 N–H and O–H groups in total. The highest BCUT2D eigenvalue weighted by atomic mass is 32.2. The van der Waals surface area contributed by atoms with Gasteiger partial charge >= 0.3 is 0 Å². The van der Waals surface area contributed by atoms with Gasteiger partial charge in [0.15, 0.2) is 16.5 Å². The first-order chi connectivity index (χ1) is 15.2. The summed E-state index contributed by atoms with van der Waals surface area (Å²) in [6.45, 7) is 2.08. The lowest BCUT2D eigenvalue weighted by atomic mass is 10.0. The zero-order valence-corrected chi connectivity index (χ0v) is 18.6. The van der Waals surface area contributed by atoms with Gasteiger partial charge in [0.2, 0.25) is 5.91 Å². The predicted octanol–water partition coefficient (Wildman–Crippen LogP) is 3.51. The highest BCUT2D eigenvalue weighted by molar-refractivity contribution is 7.99. The Labute approximate surface area is 188 Å². The van der Waals surface area contributed by atoms with Gasteiger partial charge < -0.3 is 14.4 Å². The van der Waals surface area contributed by atoms with Crippen molar-refractivity contribution >= 4 is 34.0 Å². The highest BCUT2D eigenvalue weighted by Gasteiger charge is 2.30. The van der Waals surface area contributed by atoms with Crippen LogP contribution >= 0.6 is 23.1 Å². The van der Waals surface area contributed by atoms with E-state index in [4.69, 9.17) is 9.47 Å². The summed E-state index contributed by atoms with van der Waals surface area (Å²) >= 11 is 2.94. The molecule has 0 saturated carbocycles. The first-order valence-corrected chi connectivity index (χ1v) is 12.4. The monoisotopic (exact) mass is 457 g/mol. The van der Waals surface area contributed by atoms with Gasteiger partial charge in [-0.3, -0.25) is 14.0 Å². The van der Waals surface area contributed by atoms with Crippen LogP contribution in [0.4, 0.5) is 0 Å². The molecule has 1 saturated heterocycles. The number of hydrogen-bond acceptors (Lipinski definition) is 7. The molecule has 0 bridgehead atoms. The number of aromatic nitrogens is 2. The van der Waals surface area contributed by atoms with Crippen LogP contribution in [0.3, 0.4) is 0 Å². The minimum Gasteiger partial charge on any atom is -0.490 e. The van der Waals surface area contributed by atoms with E-state index in [0.29, 0.717) is 35.4 Å². The molecule has 1 fully saturated rings. The van der Waals surface area contributed by atoms with Crippen LogP contribution in [0.2, 0.25) is 0 Å². The van der Waals surface area contributed by atoms with Crippen LogP contribution in [-0.2, 0) is 10.5 Å². The zero-order valence-electron chi connectivity index (χ0n) is 17.0. The molecular formula is C22H23N3O4S2. The molecule has 1 aromatic carbocycles. The van der Waals surface area contributed by atoms with Crippen LogP contribution in [0.15, 0.2) is 40.6 Å². The predicted molar refractivity (Wildman–Crippen MR) is 121 cm³/mol. The van der Waals surface area contributed by atoms with E-state index in [1.54, 1.807) is 12.3 Å². The molecule has 7 nitrogen and oxygen atoms in total. The first kappa shape index (κ1) is 20.4. The van der Waals surface area contributed by atoms with Crippen LogP contribution < -0.4 is 15.0 Å². The van der Waals surface area contributed by atoms with E-state index in [0.717, 1.165) is 42.9 Å². The largest absolute Gasteiger partial charge is 0.490 e. The number of fused-ring (bicyclic) bond motifs is 2. The maximum absolute atomic E-state index is 13.0. The van der Waals surface area contributed by atoms with Crippen molar-refractivity contribution < 1.29 is 14.3 Å². The summed E-state index contributed by atoms with van der Waals surface area (Å²) in [6.07, 6.45) is 4.53. The van der Waals surface area contributed by atoms with Crippen molar-refractivity contribution in [1.29, 1.82) is 0 Å². The smallest absolute Gasteiger partial charge is 0.258 e. The molecule has 162 valence electrons. The lowest BCUT2D eigenvalue weighted by Gasteiger charge is -2.25. The third kappa shape index (κ3) is 4.29. The fourth-order valence-electron chi connectivity index (χ4n) is 4.09. The van der Waals surface area contributed by atoms with Gasteiger partial charge in [-0.05, 0) is 30.5 Å². The topological polar surface area (TPSA) is 73.1 Å². The van der Waals surface area contributed by atoms with Gasteiger partial charge in [-0.1, -0.05) is 6.07 Å². The molecule has 9 heteroatoms. The Morgan fingerprint density at radius 2 is 2.06 bits per heavy atom. The number of rotatable bonds is 5. The van der Waals surface area contributed by atoms with E-state index < -0.39 is 0 Å². The lowest BCUT2D eigenvalue weighted by molar-refractivity contribution is -0.129. The molecule has 4 heterocycles. The molecule has 0 aliphatic carbocycles. The SMILES string of the molecule is O=C(CSCc1cc(=O)n2ccsc2n1)N1CCC[C@@H]1c1ccc2c(c1)OCCCO2. The quantitative estimate of drug-likeness (QED) is 0.584. The molecule has 0 radical (unpaired) electrons. The summed E-state index contributed by atoms with van der Waals surface area (Å²) in [6, 6.07) is 7.64. The van der Waals surface area contributed by atoms with Crippen molar-refractivity contribution in [3.05, 3.63) is 57.5 Å². The molecule has 0 spiro atoms. The number of nitrogens with zero attached hydrogens (tertiary/aromatic N) is 3. The van der Waals surface area contributed by atoms with Crippen LogP contribution in [0, 0.1) is 0 Å². The number of thiazole rings is 1. The van der Waals surface area contributed by atoms with Crippen molar-refractivity contribution in [2.45, 2.75) is 31.1 Å². The number of carbonyl (C=O) groups is 1. The van der Waals surface area contributed by atoms with Crippen LogP contribution in [0.25, 0.3) is 4.96 Å². The summed E-state index contributed by atoms with van der Waals surface area (Å²) in [5.41, 5.74) is 1.73. The number of carbonyl (C=O) groups excluding carboxylic acids is 1. The fourth-order valence-corrected chi connectivity index (χ4v) is 5.62. The summed E-state index contributed by atoms with van der Waals surface area (Å²) < 4.78 is 13.1. The summed E-state index contributed by atoms with van der Waals surface area (Å²) in [4.78, 5) is 32.2. The van der Waals surface area contributed by atoms with Gasteiger partial charge in [-0.2, -0.15) is 0 Å². The molecular weight excluding hydrogens is 434 g/mol. The highest BCUT2D eigenvalue weighted by Crippen LogP contribution is 2.38. The summed E-state index contributed by atoms with van der Waals surface area (Å²) in [5, 5.41) is 1.84. The minimum absolute atomic E-state index is 0.0653. The maximum atomic E-state index is 13.0. The number of likely N-dealkylation sites (tertiary alicyclic amines) is 1. The van der Waals surface area contributed by atoms with Crippen molar-refractivity contribution in [3.63, 3.8) is 0 Å². The third-order valence-corrected chi connectivity index (χ3v) is 7.27. The number of benzene rings is 1. The molecule has 0 unspecified atom stereocenters.